The zero-order chi connectivity index (χ0) is 15.2. The molecule has 1 aromatic rings. The molecule has 0 amide bonds. The minimum atomic E-state index is 0.00918. The van der Waals surface area contributed by atoms with E-state index < -0.39 is 0 Å². The molecule has 3 heterocycles. The van der Waals surface area contributed by atoms with Crippen LogP contribution in [0.2, 0.25) is 0 Å². The number of fused-ring (bicyclic) bond motifs is 2. The summed E-state index contributed by atoms with van der Waals surface area (Å²) in [4.78, 5) is 3.24. The highest BCUT2D eigenvalue weighted by Crippen LogP contribution is 2.49. The molecule has 2 nitrogen and oxygen atoms in total. The Hall–Kier alpha value is -0.380. The van der Waals surface area contributed by atoms with Crippen molar-refractivity contribution in [3.63, 3.8) is 0 Å². The molecule has 1 saturated heterocycles. The van der Waals surface area contributed by atoms with E-state index in [2.05, 4.69) is 36.6 Å². The smallest absolute Gasteiger partial charge is 0.105 e. The molecule has 2 fully saturated rings. The zero-order valence-electron chi connectivity index (χ0n) is 14.0. The lowest BCUT2D eigenvalue weighted by Gasteiger charge is -2.45. The van der Waals surface area contributed by atoms with Crippen molar-refractivity contribution in [2.45, 2.75) is 88.8 Å². The average Bonchev–Trinajstić information content (AvgIpc) is 2.93. The van der Waals surface area contributed by atoms with Crippen molar-refractivity contribution < 1.29 is 4.74 Å². The Morgan fingerprint density at radius 2 is 1.86 bits per heavy atom. The number of nitrogens with one attached hydrogen (secondary N) is 1. The molecule has 122 valence electrons. The first kappa shape index (κ1) is 15.2. The van der Waals surface area contributed by atoms with Crippen LogP contribution in [0.25, 0.3) is 0 Å². The van der Waals surface area contributed by atoms with E-state index in [9.17, 15) is 0 Å². The van der Waals surface area contributed by atoms with Gasteiger partial charge in [0.15, 0.2) is 0 Å². The standard InChI is InChI=1S/C19H29NOS/c1-13-11-19(12-14(2)20-13)18-16(8-9-21-19)10-17(22-18)15-6-4-3-5-7-15/h10,13-15,20H,3-9,11-12H2,1-2H3/t13-,14+,19-. The van der Waals surface area contributed by atoms with Gasteiger partial charge in [0.2, 0.25) is 0 Å². The van der Waals surface area contributed by atoms with Gasteiger partial charge in [-0.2, -0.15) is 0 Å². The van der Waals surface area contributed by atoms with Crippen molar-refractivity contribution in [2.24, 2.45) is 0 Å². The van der Waals surface area contributed by atoms with Crippen molar-refractivity contribution in [1.29, 1.82) is 0 Å². The fourth-order valence-electron chi connectivity index (χ4n) is 5.01. The number of piperidine rings is 1. The van der Waals surface area contributed by atoms with Gasteiger partial charge >= 0.3 is 0 Å². The fraction of sp³-hybridized carbons (Fsp3) is 0.789. The van der Waals surface area contributed by atoms with E-state index in [1.54, 1.807) is 15.3 Å². The molecule has 1 saturated carbocycles. The van der Waals surface area contributed by atoms with Crippen LogP contribution in [0.4, 0.5) is 0 Å². The molecule has 0 unspecified atom stereocenters. The Bertz CT molecular complexity index is 522. The predicted molar refractivity (Wildman–Crippen MR) is 92.8 cm³/mol. The highest BCUT2D eigenvalue weighted by atomic mass is 32.1. The Balaban J connectivity index is 1.67. The third-order valence-corrected chi connectivity index (χ3v) is 7.37. The number of hydrogen-bond acceptors (Lipinski definition) is 3. The van der Waals surface area contributed by atoms with Crippen LogP contribution in [0.1, 0.15) is 80.0 Å². The maximum Gasteiger partial charge on any atom is 0.105 e. The minimum absolute atomic E-state index is 0.00918. The maximum absolute atomic E-state index is 6.44. The molecule has 3 heteroatoms. The summed E-state index contributed by atoms with van der Waals surface area (Å²) in [5.74, 6) is 0.831. The van der Waals surface area contributed by atoms with Crippen LogP contribution in [0.15, 0.2) is 6.07 Å². The summed E-state index contributed by atoms with van der Waals surface area (Å²) < 4.78 is 6.44. The second kappa shape index (κ2) is 5.92. The van der Waals surface area contributed by atoms with Crippen molar-refractivity contribution in [3.05, 3.63) is 21.4 Å². The molecule has 22 heavy (non-hydrogen) atoms. The number of rotatable bonds is 1. The summed E-state index contributed by atoms with van der Waals surface area (Å²) in [6.07, 6.45) is 10.5. The van der Waals surface area contributed by atoms with Crippen LogP contribution in [-0.2, 0) is 16.8 Å². The summed E-state index contributed by atoms with van der Waals surface area (Å²) in [5.41, 5.74) is 1.62. The van der Waals surface area contributed by atoms with E-state index >= 15 is 0 Å². The molecule has 0 radical (unpaired) electrons. The Labute approximate surface area is 138 Å². The van der Waals surface area contributed by atoms with E-state index in [0.717, 1.165) is 31.8 Å². The van der Waals surface area contributed by atoms with Gasteiger partial charge < -0.3 is 10.1 Å². The topological polar surface area (TPSA) is 21.3 Å². The van der Waals surface area contributed by atoms with Gasteiger partial charge in [-0.1, -0.05) is 19.3 Å². The second-order valence-corrected chi connectivity index (χ2v) is 8.89. The van der Waals surface area contributed by atoms with Gasteiger partial charge in [-0.25, -0.2) is 0 Å². The van der Waals surface area contributed by atoms with E-state index in [-0.39, 0.29) is 5.60 Å². The van der Waals surface area contributed by atoms with Crippen LogP contribution in [0, 0.1) is 0 Å². The largest absolute Gasteiger partial charge is 0.369 e. The Morgan fingerprint density at radius 3 is 2.59 bits per heavy atom. The molecule has 3 atom stereocenters. The van der Waals surface area contributed by atoms with Gasteiger partial charge in [-0.05, 0) is 63.5 Å². The molecule has 1 aromatic heterocycles. The first-order valence-corrected chi connectivity index (χ1v) is 10.0. The first-order chi connectivity index (χ1) is 10.7. The van der Waals surface area contributed by atoms with Crippen LogP contribution in [0.3, 0.4) is 0 Å². The SMILES string of the molecule is C[C@@H]1C[C@]2(C[C@H](C)N1)OCCc1cc(C3CCCCC3)sc12. The third-order valence-electron chi connectivity index (χ3n) is 5.84. The molecule has 0 aromatic carbocycles. The van der Waals surface area contributed by atoms with Crippen LogP contribution in [0.5, 0.6) is 0 Å². The van der Waals surface area contributed by atoms with E-state index in [1.807, 2.05) is 0 Å². The third kappa shape index (κ3) is 2.65. The van der Waals surface area contributed by atoms with Crippen molar-refractivity contribution in [2.75, 3.05) is 6.61 Å². The molecule has 1 aliphatic carbocycles. The van der Waals surface area contributed by atoms with E-state index in [4.69, 9.17) is 4.74 Å². The fourth-order valence-corrected chi connectivity index (χ4v) is 6.55. The monoisotopic (exact) mass is 319 g/mol. The molecular weight excluding hydrogens is 290 g/mol. The average molecular weight is 320 g/mol. The molecule has 2 aliphatic heterocycles. The number of thiophene rings is 1. The number of ether oxygens (including phenoxy) is 1. The predicted octanol–water partition coefficient (Wildman–Crippen LogP) is 4.72. The highest BCUT2D eigenvalue weighted by Gasteiger charge is 2.45. The normalized spacial score (nSPS) is 36.5. The van der Waals surface area contributed by atoms with E-state index in [0.29, 0.717) is 12.1 Å². The zero-order valence-corrected chi connectivity index (χ0v) is 14.8. The van der Waals surface area contributed by atoms with Gasteiger partial charge in [0.1, 0.15) is 5.60 Å². The summed E-state index contributed by atoms with van der Waals surface area (Å²) in [5, 5.41) is 3.68. The minimum Gasteiger partial charge on any atom is -0.369 e. The molecule has 0 bridgehead atoms. The van der Waals surface area contributed by atoms with Gasteiger partial charge in [0.05, 0.1) is 6.61 Å². The number of hydrogen-bond donors (Lipinski definition) is 1. The van der Waals surface area contributed by atoms with E-state index in [1.165, 1.54) is 32.1 Å². The highest BCUT2D eigenvalue weighted by molar-refractivity contribution is 7.12. The lowest BCUT2D eigenvalue weighted by Crippen LogP contribution is -2.52. The summed E-state index contributed by atoms with van der Waals surface area (Å²) >= 11 is 2.10. The van der Waals surface area contributed by atoms with Crippen LogP contribution < -0.4 is 5.32 Å². The lowest BCUT2D eigenvalue weighted by atomic mass is 9.80. The Morgan fingerprint density at radius 1 is 1.14 bits per heavy atom. The van der Waals surface area contributed by atoms with Crippen LogP contribution in [-0.4, -0.2) is 18.7 Å². The first-order valence-electron chi connectivity index (χ1n) is 9.19. The van der Waals surface area contributed by atoms with Crippen molar-refractivity contribution in [1.82, 2.24) is 5.32 Å². The van der Waals surface area contributed by atoms with Gasteiger partial charge in [0.25, 0.3) is 0 Å². The van der Waals surface area contributed by atoms with Gasteiger partial charge in [0, 0.05) is 21.8 Å². The summed E-state index contributed by atoms with van der Waals surface area (Å²) in [7, 11) is 0. The quantitative estimate of drug-likeness (QED) is 0.808. The summed E-state index contributed by atoms with van der Waals surface area (Å²) in [6.45, 7) is 5.53. The van der Waals surface area contributed by atoms with Crippen LogP contribution >= 0.6 is 11.3 Å². The Kier molecular flexibility index (Phi) is 4.08. The molecule has 3 aliphatic rings. The van der Waals surface area contributed by atoms with Crippen molar-refractivity contribution in [3.8, 4) is 0 Å². The molecule has 1 spiro atoms. The van der Waals surface area contributed by atoms with Crippen molar-refractivity contribution >= 4 is 11.3 Å². The molecule has 4 rings (SSSR count). The van der Waals surface area contributed by atoms with Gasteiger partial charge in [-0.15, -0.1) is 11.3 Å². The lowest BCUT2D eigenvalue weighted by molar-refractivity contribution is -0.0932. The summed E-state index contributed by atoms with van der Waals surface area (Å²) in [6, 6.07) is 3.65. The van der Waals surface area contributed by atoms with Gasteiger partial charge in [-0.3, -0.25) is 0 Å². The second-order valence-electron chi connectivity index (χ2n) is 7.81. The molecular formula is C19H29NOS. The molecule has 1 N–H and O–H groups in total. The maximum atomic E-state index is 6.44.